The Morgan fingerprint density at radius 3 is 2.61 bits per heavy atom. The Morgan fingerprint density at radius 1 is 1.22 bits per heavy atom. The number of aryl methyl sites for hydroxylation is 1. The first-order valence-corrected chi connectivity index (χ1v) is 6.14. The number of nitrogens with one attached hydrogen (secondary N) is 1. The van der Waals surface area contributed by atoms with E-state index in [1.165, 1.54) is 5.56 Å². The summed E-state index contributed by atoms with van der Waals surface area (Å²) in [5, 5.41) is 3.34. The quantitative estimate of drug-likeness (QED) is 0.865. The minimum atomic E-state index is 0.185. The van der Waals surface area contributed by atoms with Gasteiger partial charge in [-0.1, -0.05) is 37.3 Å². The van der Waals surface area contributed by atoms with E-state index >= 15 is 0 Å². The Balaban J connectivity index is 2.16. The number of benzene rings is 1. The van der Waals surface area contributed by atoms with Gasteiger partial charge in [-0.3, -0.25) is 0 Å². The molecule has 0 saturated carbocycles. The van der Waals surface area contributed by atoms with Crippen LogP contribution in [0.4, 0.5) is 11.6 Å². The summed E-state index contributed by atoms with van der Waals surface area (Å²) in [4.78, 5) is 8.57. The number of nitrogens with two attached hydrogens (primary N) is 1. The van der Waals surface area contributed by atoms with Crippen molar-refractivity contribution < 1.29 is 0 Å². The Kier molecular flexibility index (Phi) is 3.77. The van der Waals surface area contributed by atoms with Crippen LogP contribution in [0, 0.1) is 0 Å². The zero-order chi connectivity index (χ0) is 13.0. The number of nitrogens with zero attached hydrogens (tertiary/aromatic N) is 2. The third kappa shape index (κ3) is 2.97. The van der Waals surface area contributed by atoms with E-state index < -0.39 is 0 Å². The molecule has 0 bridgehead atoms. The second kappa shape index (κ2) is 5.49. The van der Waals surface area contributed by atoms with Crippen molar-refractivity contribution in [2.75, 3.05) is 11.1 Å². The van der Waals surface area contributed by atoms with Crippen molar-refractivity contribution in [3.05, 3.63) is 47.8 Å². The van der Waals surface area contributed by atoms with E-state index in [0.717, 1.165) is 18.1 Å². The molecule has 4 heteroatoms. The molecule has 4 nitrogen and oxygen atoms in total. The highest BCUT2D eigenvalue weighted by Gasteiger charge is 2.07. The van der Waals surface area contributed by atoms with Crippen LogP contribution >= 0.6 is 0 Å². The third-order valence-corrected chi connectivity index (χ3v) is 2.77. The van der Waals surface area contributed by atoms with Crippen molar-refractivity contribution in [3.63, 3.8) is 0 Å². The van der Waals surface area contributed by atoms with Gasteiger partial charge in [0.05, 0.1) is 0 Å². The summed E-state index contributed by atoms with van der Waals surface area (Å²) in [7, 11) is 0. The smallest absolute Gasteiger partial charge is 0.132 e. The summed E-state index contributed by atoms with van der Waals surface area (Å²) in [6.45, 7) is 4.11. The molecular formula is C14H18N4. The summed E-state index contributed by atoms with van der Waals surface area (Å²) in [5.41, 5.74) is 6.97. The first-order chi connectivity index (χ1) is 8.69. The largest absolute Gasteiger partial charge is 0.384 e. The van der Waals surface area contributed by atoms with Gasteiger partial charge >= 0.3 is 0 Å². The monoisotopic (exact) mass is 242 g/mol. The summed E-state index contributed by atoms with van der Waals surface area (Å²) in [6.07, 6.45) is 0.777. The standard InChI is InChI=1S/C14H18N4/c1-3-13-17-12(15)9-14(18-13)16-10(2)11-7-5-4-6-8-11/h4-10H,3H2,1-2H3,(H3,15,16,17,18). The van der Waals surface area contributed by atoms with Crippen molar-refractivity contribution in [1.29, 1.82) is 0 Å². The maximum absolute atomic E-state index is 5.76. The average Bonchev–Trinajstić information content (AvgIpc) is 2.39. The molecule has 18 heavy (non-hydrogen) atoms. The molecule has 94 valence electrons. The molecule has 1 aromatic carbocycles. The molecule has 0 radical (unpaired) electrons. The second-order valence-corrected chi connectivity index (χ2v) is 4.22. The molecule has 1 atom stereocenters. The number of hydrogen-bond acceptors (Lipinski definition) is 4. The normalized spacial score (nSPS) is 12.1. The first-order valence-electron chi connectivity index (χ1n) is 6.14. The van der Waals surface area contributed by atoms with Crippen LogP contribution < -0.4 is 11.1 Å². The topological polar surface area (TPSA) is 63.8 Å². The van der Waals surface area contributed by atoms with Gasteiger partial charge in [0.15, 0.2) is 0 Å². The van der Waals surface area contributed by atoms with E-state index in [1.807, 2.05) is 25.1 Å². The van der Waals surface area contributed by atoms with Gasteiger partial charge in [-0.25, -0.2) is 9.97 Å². The van der Waals surface area contributed by atoms with Crippen LogP contribution in [0.2, 0.25) is 0 Å². The van der Waals surface area contributed by atoms with Crippen LogP contribution in [0.5, 0.6) is 0 Å². The van der Waals surface area contributed by atoms with E-state index in [2.05, 4.69) is 34.3 Å². The fourth-order valence-corrected chi connectivity index (χ4v) is 1.80. The summed E-state index contributed by atoms with van der Waals surface area (Å²) in [5.74, 6) is 2.04. The molecule has 1 heterocycles. The maximum Gasteiger partial charge on any atom is 0.132 e. The Morgan fingerprint density at radius 2 is 1.94 bits per heavy atom. The molecule has 1 aromatic heterocycles. The predicted octanol–water partition coefficient (Wildman–Crippen LogP) is 2.79. The van der Waals surface area contributed by atoms with Crippen LogP contribution in [0.15, 0.2) is 36.4 Å². The van der Waals surface area contributed by atoms with Crippen LogP contribution in [-0.4, -0.2) is 9.97 Å². The Bertz CT molecular complexity index is 510. The number of rotatable bonds is 4. The molecule has 3 N–H and O–H groups in total. The Hall–Kier alpha value is -2.10. The fraction of sp³-hybridized carbons (Fsp3) is 0.286. The molecule has 0 aliphatic rings. The zero-order valence-electron chi connectivity index (χ0n) is 10.7. The fourth-order valence-electron chi connectivity index (χ4n) is 1.80. The van der Waals surface area contributed by atoms with Crippen LogP contribution in [-0.2, 0) is 6.42 Å². The first kappa shape index (κ1) is 12.4. The molecule has 0 aliphatic carbocycles. The van der Waals surface area contributed by atoms with Gasteiger partial charge in [0.2, 0.25) is 0 Å². The summed E-state index contributed by atoms with van der Waals surface area (Å²) >= 11 is 0. The van der Waals surface area contributed by atoms with E-state index in [9.17, 15) is 0 Å². The second-order valence-electron chi connectivity index (χ2n) is 4.22. The predicted molar refractivity (Wildman–Crippen MR) is 74.3 cm³/mol. The van der Waals surface area contributed by atoms with Gasteiger partial charge in [-0.15, -0.1) is 0 Å². The molecule has 2 aromatic rings. The van der Waals surface area contributed by atoms with Crippen LogP contribution in [0.3, 0.4) is 0 Å². The minimum Gasteiger partial charge on any atom is -0.384 e. The van der Waals surface area contributed by atoms with Crippen molar-refractivity contribution in [3.8, 4) is 0 Å². The van der Waals surface area contributed by atoms with Crippen molar-refractivity contribution in [1.82, 2.24) is 9.97 Å². The molecule has 0 spiro atoms. The molecule has 1 unspecified atom stereocenters. The number of anilines is 2. The van der Waals surface area contributed by atoms with E-state index in [0.29, 0.717) is 5.82 Å². The molecular weight excluding hydrogens is 224 g/mol. The SMILES string of the molecule is CCc1nc(N)cc(NC(C)c2ccccc2)n1. The summed E-state index contributed by atoms with van der Waals surface area (Å²) < 4.78 is 0. The van der Waals surface area contributed by atoms with E-state index in [-0.39, 0.29) is 6.04 Å². The van der Waals surface area contributed by atoms with E-state index in [4.69, 9.17) is 5.73 Å². The van der Waals surface area contributed by atoms with Gasteiger partial charge < -0.3 is 11.1 Å². The van der Waals surface area contributed by atoms with Crippen molar-refractivity contribution in [2.24, 2.45) is 0 Å². The number of hydrogen-bond donors (Lipinski definition) is 2. The highest BCUT2D eigenvalue weighted by atomic mass is 15.1. The number of nitrogen functional groups attached to an aromatic ring is 1. The highest BCUT2D eigenvalue weighted by molar-refractivity contribution is 5.46. The lowest BCUT2D eigenvalue weighted by Crippen LogP contribution is -2.10. The van der Waals surface area contributed by atoms with Gasteiger partial charge in [-0.2, -0.15) is 0 Å². The van der Waals surface area contributed by atoms with Gasteiger partial charge in [-0.05, 0) is 12.5 Å². The Labute approximate surface area is 107 Å². The van der Waals surface area contributed by atoms with Crippen LogP contribution in [0.25, 0.3) is 0 Å². The molecule has 2 rings (SSSR count). The lowest BCUT2D eigenvalue weighted by atomic mass is 10.1. The zero-order valence-corrected chi connectivity index (χ0v) is 10.7. The lowest BCUT2D eigenvalue weighted by molar-refractivity contribution is 0.858. The van der Waals surface area contributed by atoms with Gasteiger partial charge in [0, 0.05) is 18.5 Å². The third-order valence-electron chi connectivity index (χ3n) is 2.77. The maximum atomic E-state index is 5.76. The average molecular weight is 242 g/mol. The van der Waals surface area contributed by atoms with Crippen LogP contribution in [0.1, 0.15) is 31.3 Å². The number of aromatic nitrogens is 2. The molecule has 0 aliphatic heterocycles. The van der Waals surface area contributed by atoms with Gasteiger partial charge in [0.25, 0.3) is 0 Å². The lowest BCUT2D eigenvalue weighted by Gasteiger charge is -2.15. The molecule has 0 fully saturated rings. The summed E-state index contributed by atoms with van der Waals surface area (Å²) in [6, 6.07) is 12.2. The minimum absolute atomic E-state index is 0.185. The van der Waals surface area contributed by atoms with Crippen molar-refractivity contribution in [2.45, 2.75) is 26.3 Å². The van der Waals surface area contributed by atoms with Gasteiger partial charge in [0.1, 0.15) is 17.5 Å². The highest BCUT2D eigenvalue weighted by Crippen LogP contribution is 2.18. The van der Waals surface area contributed by atoms with Crippen molar-refractivity contribution >= 4 is 11.6 Å². The molecule has 0 saturated heterocycles. The van der Waals surface area contributed by atoms with E-state index in [1.54, 1.807) is 6.07 Å². The molecule has 0 amide bonds.